The van der Waals surface area contributed by atoms with Crippen molar-refractivity contribution in [1.82, 2.24) is 9.13 Å². The van der Waals surface area contributed by atoms with Crippen LogP contribution in [-0.4, -0.2) is 9.13 Å². The molecule has 1 spiro atoms. The van der Waals surface area contributed by atoms with Crippen molar-refractivity contribution in [3.05, 3.63) is 348 Å². The number of hydrogen-bond donors (Lipinski definition) is 0. The average molecular weight is 1100 g/mol. The van der Waals surface area contributed by atoms with Crippen molar-refractivity contribution >= 4 is 89.5 Å². The Hall–Kier alpha value is -11.3. The van der Waals surface area contributed by atoms with Gasteiger partial charge in [0, 0.05) is 32.9 Å². The smallest absolute Gasteiger partial charge is 0.0725 e. The van der Waals surface area contributed by atoms with Crippen molar-refractivity contribution in [2.45, 2.75) is 5.41 Å². The highest BCUT2D eigenvalue weighted by molar-refractivity contribution is 6.12. The minimum atomic E-state index is -0.485. The van der Waals surface area contributed by atoms with Gasteiger partial charge in [0.25, 0.3) is 0 Å². The number of fused-ring (bicyclic) bond motifs is 18. The van der Waals surface area contributed by atoms with Crippen LogP contribution < -0.4 is 0 Å². The molecule has 87 heavy (non-hydrogen) atoms. The van der Waals surface area contributed by atoms with E-state index in [1.807, 2.05) is 0 Å². The van der Waals surface area contributed by atoms with E-state index in [0.29, 0.717) is 0 Å². The summed E-state index contributed by atoms with van der Waals surface area (Å²) in [5, 5.41) is 9.98. The first-order chi connectivity index (χ1) is 43.1. The average Bonchev–Trinajstić information content (AvgIpc) is 1.66. The summed E-state index contributed by atoms with van der Waals surface area (Å²) in [6, 6.07) is 113. The molecule has 2 aliphatic rings. The van der Waals surface area contributed by atoms with Gasteiger partial charge in [0.2, 0.25) is 0 Å². The van der Waals surface area contributed by atoms with E-state index in [2.05, 4.69) is 337 Å². The summed E-state index contributed by atoms with van der Waals surface area (Å²) in [5.74, 6) is 0. The lowest BCUT2D eigenvalue weighted by Gasteiger charge is -2.31. The third-order valence-corrected chi connectivity index (χ3v) is 18.9. The van der Waals surface area contributed by atoms with Gasteiger partial charge in [-0.25, -0.2) is 0 Å². The first-order valence-corrected chi connectivity index (χ1v) is 30.2. The topological polar surface area (TPSA) is 9.86 Å². The van der Waals surface area contributed by atoms with Crippen molar-refractivity contribution in [2.24, 2.45) is 0 Å². The Labute approximate surface area is 504 Å². The fourth-order valence-electron chi connectivity index (χ4n) is 14.8. The standard InChI is InChI=1S/C85H54N2/c1-3-15-63-51-67(43-39-59(63)13-1)86-81-23-11-7-19-73(81)75-49-57(33-47-83(75)86)27-25-55-29-35-61(36-30-55)65-41-45-71-72-46-42-66(54-80(72)85(79(71)53-65)77-21-9-5-17-69(77)70-18-6-10-22-78(70)85)62-37-31-56(32-38-62)26-28-58-34-48-84-76(50-58)74-20-8-12-24-82(74)87(84)68-44-40-60-14-2-4-16-64(60)52-68/h1-54H. The van der Waals surface area contributed by atoms with Crippen LogP contribution in [0.3, 0.4) is 0 Å². The van der Waals surface area contributed by atoms with E-state index >= 15 is 0 Å². The molecule has 2 aromatic heterocycles. The fourth-order valence-corrected chi connectivity index (χ4v) is 14.8. The van der Waals surface area contributed by atoms with Crippen molar-refractivity contribution in [3.63, 3.8) is 0 Å². The van der Waals surface area contributed by atoms with E-state index in [9.17, 15) is 0 Å². The largest absolute Gasteiger partial charge is 0.309 e. The fraction of sp³-hybridized carbons (Fsp3) is 0.0118. The number of benzene rings is 14. The van der Waals surface area contributed by atoms with Crippen LogP contribution in [0.5, 0.6) is 0 Å². The van der Waals surface area contributed by atoms with Crippen LogP contribution in [0.25, 0.3) is 145 Å². The van der Waals surface area contributed by atoms with E-state index in [1.165, 1.54) is 154 Å². The van der Waals surface area contributed by atoms with Gasteiger partial charge in [-0.15, -0.1) is 0 Å². The molecule has 0 saturated carbocycles. The minimum absolute atomic E-state index is 0.485. The molecule has 0 saturated heterocycles. The Balaban J connectivity index is 0.653. The molecule has 0 unspecified atom stereocenters. The van der Waals surface area contributed by atoms with E-state index in [-0.39, 0.29) is 0 Å². The Bertz CT molecular complexity index is 5220. The molecule has 2 nitrogen and oxygen atoms in total. The molecule has 2 heterocycles. The number of nitrogens with zero attached hydrogens (tertiary/aromatic N) is 2. The van der Waals surface area contributed by atoms with Crippen LogP contribution in [0, 0.1) is 0 Å². The van der Waals surface area contributed by atoms with Crippen molar-refractivity contribution < 1.29 is 0 Å². The van der Waals surface area contributed by atoms with E-state index < -0.39 is 5.41 Å². The maximum absolute atomic E-state index is 2.49. The Morgan fingerprint density at radius 1 is 0.218 bits per heavy atom. The van der Waals surface area contributed by atoms with Crippen LogP contribution in [0.15, 0.2) is 303 Å². The van der Waals surface area contributed by atoms with Crippen molar-refractivity contribution in [3.8, 4) is 55.9 Å². The minimum Gasteiger partial charge on any atom is -0.309 e. The van der Waals surface area contributed by atoms with Crippen LogP contribution in [0.4, 0.5) is 0 Å². The Morgan fingerprint density at radius 2 is 0.575 bits per heavy atom. The summed E-state index contributed by atoms with van der Waals surface area (Å²) in [7, 11) is 0. The zero-order valence-electron chi connectivity index (χ0n) is 47.6. The second-order valence-corrected chi connectivity index (χ2v) is 23.6. The molecule has 16 aromatic rings. The lowest BCUT2D eigenvalue weighted by molar-refractivity contribution is 0.794. The molecular formula is C85H54N2. The molecule has 18 rings (SSSR count). The maximum atomic E-state index is 2.49. The van der Waals surface area contributed by atoms with Crippen molar-refractivity contribution in [1.29, 1.82) is 0 Å². The van der Waals surface area contributed by atoms with Gasteiger partial charge in [0.05, 0.1) is 27.5 Å². The summed E-state index contributed by atoms with van der Waals surface area (Å²) < 4.78 is 4.80. The molecular weight excluding hydrogens is 1050 g/mol. The van der Waals surface area contributed by atoms with Gasteiger partial charge >= 0.3 is 0 Å². The van der Waals surface area contributed by atoms with E-state index in [0.717, 1.165) is 11.1 Å². The molecule has 2 aliphatic carbocycles. The molecule has 0 fully saturated rings. The van der Waals surface area contributed by atoms with Gasteiger partial charge < -0.3 is 9.13 Å². The predicted octanol–water partition coefficient (Wildman–Crippen LogP) is 22.2. The lowest BCUT2D eigenvalue weighted by atomic mass is 9.70. The highest BCUT2D eigenvalue weighted by Gasteiger charge is 2.51. The summed E-state index contributed by atoms with van der Waals surface area (Å²) in [6.45, 7) is 0. The number of rotatable bonds is 8. The molecule has 404 valence electrons. The van der Waals surface area contributed by atoms with Gasteiger partial charge in [-0.3, -0.25) is 0 Å². The molecule has 0 N–H and O–H groups in total. The Kier molecular flexibility index (Phi) is 10.9. The van der Waals surface area contributed by atoms with Gasteiger partial charge in [0.15, 0.2) is 0 Å². The molecule has 0 aliphatic heterocycles. The SMILES string of the molecule is C(=Cc1ccc2c(c1)c1ccccc1n2-c1ccc2ccccc2c1)c1ccc(-c2ccc3c(c2)C2(c4ccccc4-c4ccccc42)c2cc(-c4ccc(C=Cc5ccc6c(c5)c5ccccc5n6-c5ccc6ccccc6c5)cc4)ccc2-3)cc1. The van der Waals surface area contributed by atoms with Crippen LogP contribution in [0.1, 0.15) is 44.5 Å². The predicted molar refractivity (Wildman–Crippen MR) is 368 cm³/mol. The summed E-state index contributed by atoms with van der Waals surface area (Å²) in [5.41, 5.74) is 26.7. The van der Waals surface area contributed by atoms with Gasteiger partial charge in [-0.2, -0.15) is 0 Å². The Morgan fingerprint density at radius 3 is 1.05 bits per heavy atom. The molecule has 0 bridgehead atoms. The molecule has 0 atom stereocenters. The number of aromatic nitrogens is 2. The summed E-state index contributed by atoms with van der Waals surface area (Å²) in [4.78, 5) is 0. The third-order valence-electron chi connectivity index (χ3n) is 18.9. The van der Waals surface area contributed by atoms with Gasteiger partial charge in [0.1, 0.15) is 0 Å². The summed E-state index contributed by atoms with van der Waals surface area (Å²) >= 11 is 0. The number of para-hydroxylation sites is 2. The van der Waals surface area contributed by atoms with Crippen LogP contribution in [-0.2, 0) is 5.41 Å². The van der Waals surface area contributed by atoms with Gasteiger partial charge in [-0.05, 0) is 183 Å². The molecule has 2 heteroatoms. The van der Waals surface area contributed by atoms with Crippen LogP contribution in [0.2, 0.25) is 0 Å². The highest BCUT2D eigenvalue weighted by Crippen LogP contribution is 2.63. The molecule has 0 amide bonds. The number of hydrogen-bond acceptors (Lipinski definition) is 0. The summed E-state index contributed by atoms with van der Waals surface area (Å²) in [6.07, 6.45) is 8.98. The quantitative estimate of drug-likeness (QED) is 0.134. The van der Waals surface area contributed by atoms with Gasteiger partial charge in [-0.1, -0.05) is 255 Å². The first-order valence-electron chi connectivity index (χ1n) is 30.2. The zero-order chi connectivity index (χ0) is 57.2. The lowest BCUT2D eigenvalue weighted by Crippen LogP contribution is -2.26. The third kappa shape index (κ3) is 7.68. The molecule has 14 aromatic carbocycles. The first kappa shape index (κ1) is 49.1. The van der Waals surface area contributed by atoms with Crippen LogP contribution >= 0.6 is 0 Å². The second-order valence-electron chi connectivity index (χ2n) is 23.6. The van der Waals surface area contributed by atoms with E-state index in [4.69, 9.17) is 0 Å². The highest BCUT2D eigenvalue weighted by atomic mass is 15.0. The second kappa shape index (κ2) is 19.4. The molecule has 0 radical (unpaired) electrons. The normalized spacial score (nSPS) is 13.1. The zero-order valence-corrected chi connectivity index (χ0v) is 47.6. The maximum Gasteiger partial charge on any atom is 0.0725 e. The van der Waals surface area contributed by atoms with E-state index in [1.54, 1.807) is 0 Å². The van der Waals surface area contributed by atoms with Crippen molar-refractivity contribution in [2.75, 3.05) is 0 Å². The monoisotopic (exact) mass is 1100 g/mol.